The van der Waals surface area contributed by atoms with Gasteiger partial charge >= 0.3 is 0 Å². The number of rotatable bonds is 9. The molecule has 1 atom stereocenters. The Kier molecular flexibility index (Phi) is 6.37. The van der Waals surface area contributed by atoms with Crippen molar-refractivity contribution in [1.29, 1.82) is 5.41 Å². The first-order valence-corrected chi connectivity index (χ1v) is 9.95. The van der Waals surface area contributed by atoms with Crippen molar-refractivity contribution in [2.45, 2.75) is 38.6 Å². The molecule has 0 aliphatic heterocycles. The van der Waals surface area contributed by atoms with Crippen LogP contribution in [0.1, 0.15) is 43.2 Å². The maximum atomic E-state index is 8.57. The number of thiophene rings is 1. The molecule has 1 aromatic heterocycles. The Bertz CT molecular complexity index is 807. The van der Waals surface area contributed by atoms with E-state index in [-0.39, 0.29) is 5.92 Å². The molecule has 2 aromatic carbocycles. The standard InChI is InChI=1S/C22H26N2S/c1-2-8-21(23)18(13-14-24-15-17-9-4-3-5-10-17)20-16-25-22-12-7-6-11-19(20)22/h3-7,9-12,16,18,23-24H,2,8,13-15H2,1H3. The molecule has 1 unspecified atom stereocenters. The van der Waals surface area contributed by atoms with Gasteiger partial charge in [0.05, 0.1) is 0 Å². The van der Waals surface area contributed by atoms with Crippen molar-refractivity contribution in [3.63, 3.8) is 0 Å². The van der Waals surface area contributed by atoms with Crippen molar-refractivity contribution in [2.24, 2.45) is 0 Å². The summed E-state index contributed by atoms with van der Waals surface area (Å²) < 4.78 is 1.32. The molecule has 0 aliphatic rings. The van der Waals surface area contributed by atoms with Crippen molar-refractivity contribution >= 4 is 27.1 Å². The molecule has 1 heterocycles. The minimum Gasteiger partial charge on any atom is -0.313 e. The van der Waals surface area contributed by atoms with E-state index in [1.54, 1.807) is 11.3 Å². The Morgan fingerprint density at radius 2 is 1.84 bits per heavy atom. The van der Waals surface area contributed by atoms with Gasteiger partial charge in [-0.05, 0) is 47.3 Å². The van der Waals surface area contributed by atoms with Crippen molar-refractivity contribution in [2.75, 3.05) is 6.54 Å². The maximum Gasteiger partial charge on any atom is 0.0345 e. The summed E-state index contributed by atoms with van der Waals surface area (Å²) in [6.45, 7) is 3.97. The lowest BCUT2D eigenvalue weighted by Gasteiger charge is -2.18. The highest BCUT2D eigenvalue weighted by atomic mass is 32.1. The summed E-state index contributed by atoms with van der Waals surface area (Å²) in [5, 5.41) is 15.7. The van der Waals surface area contributed by atoms with Crippen LogP contribution in [0.15, 0.2) is 60.0 Å². The van der Waals surface area contributed by atoms with E-state index >= 15 is 0 Å². The molecule has 0 saturated carbocycles. The second-order valence-corrected chi connectivity index (χ2v) is 7.38. The number of hydrogen-bond donors (Lipinski definition) is 2. The lowest BCUT2D eigenvalue weighted by molar-refractivity contribution is 0.627. The first kappa shape index (κ1) is 17.8. The van der Waals surface area contributed by atoms with E-state index in [4.69, 9.17) is 5.41 Å². The average Bonchev–Trinajstić information content (AvgIpc) is 3.07. The normalized spacial score (nSPS) is 12.4. The van der Waals surface area contributed by atoms with Crippen molar-refractivity contribution in [3.05, 3.63) is 71.1 Å². The van der Waals surface area contributed by atoms with Gasteiger partial charge in [0.1, 0.15) is 0 Å². The number of fused-ring (bicyclic) bond motifs is 1. The Labute approximate surface area is 154 Å². The Balaban J connectivity index is 1.68. The molecule has 3 rings (SSSR count). The fourth-order valence-corrected chi connectivity index (χ4v) is 4.32. The highest BCUT2D eigenvalue weighted by molar-refractivity contribution is 7.17. The third-order valence-electron chi connectivity index (χ3n) is 4.61. The Hall–Kier alpha value is -1.97. The first-order valence-electron chi connectivity index (χ1n) is 9.07. The monoisotopic (exact) mass is 350 g/mol. The molecule has 3 heteroatoms. The third kappa shape index (κ3) is 4.56. The van der Waals surface area contributed by atoms with E-state index in [2.05, 4.69) is 66.2 Å². The van der Waals surface area contributed by atoms with Crippen LogP contribution in [-0.4, -0.2) is 12.3 Å². The van der Waals surface area contributed by atoms with Gasteiger partial charge in [-0.1, -0.05) is 61.9 Å². The highest BCUT2D eigenvalue weighted by Gasteiger charge is 2.19. The van der Waals surface area contributed by atoms with Crippen LogP contribution in [0.3, 0.4) is 0 Å². The maximum absolute atomic E-state index is 8.57. The number of hydrogen-bond acceptors (Lipinski definition) is 3. The van der Waals surface area contributed by atoms with E-state index in [0.717, 1.165) is 38.1 Å². The van der Waals surface area contributed by atoms with Crippen LogP contribution in [0.2, 0.25) is 0 Å². The van der Waals surface area contributed by atoms with Crippen LogP contribution < -0.4 is 5.32 Å². The van der Waals surface area contributed by atoms with Gasteiger partial charge in [0, 0.05) is 22.9 Å². The first-order chi connectivity index (χ1) is 12.3. The molecule has 0 amide bonds. The second kappa shape index (κ2) is 8.93. The number of nitrogens with one attached hydrogen (secondary N) is 2. The van der Waals surface area contributed by atoms with E-state index in [1.807, 2.05) is 6.07 Å². The molecule has 0 fully saturated rings. The molecular formula is C22H26N2S. The summed E-state index contributed by atoms with van der Waals surface area (Å²) >= 11 is 1.80. The fraction of sp³-hybridized carbons (Fsp3) is 0.318. The van der Waals surface area contributed by atoms with E-state index in [1.165, 1.54) is 21.2 Å². The van der Waals surface area contributed by atoms with E-state index in [9.17, 15) is 0 Å². The van der Waals surface area contributed by atoms with Crippen LogP contribution in [0.5, 0.6) is 0 Å². The lowest BCUT2D eigenvalue weighted by Crippen LogP contribution is -2.20. The molecule has 2 N–H and O–H groups in total. The summed E-state index contributed by atoms with van der Waals surface area (Å²) in [4.78, 5) is 0. The predicted octanol–water partition coefficient (Wildman–Crippen LogP) is 5.98. The van der Waals surface area contributed by atoms with E-state index < -0.39 is 0 Å². The minimum atomic E-state index is 0.222. The molecule has 25 heavy (non-hydrogen) atoms. The van der Waals surface area contributed by atoms with Gasteiger partial charge in [-0.2, -0.15) is 0 Å². The van der Waals surface area contributed by atoms with Crippen molar-refractivity contribution < 1.29 is 0 Å². The van der Waals surface area contributed by atoms with Gasteiger partial charge < -0.3 is 10.7 Å². The largest absolute Gasteiger partial charge is 0.313 e. The van der Waals surface area contributed by atoms with Gasteiger partial charge in [-0.25, -0.2) is 0 Å². The third-order valence-corrected chi connectivity index (χ3v) is 5.59. The summed E-state index contributed by atoms with van der Waals surface area (Å²) in [5.74, 6) is 0.222. The molecule has 0 radical (unpaired) electrons. The van der Waals surface area contributed by atoms with Crippen LogP contribution >= 0.6 is 11.3 Å². The van der Waals surface area contributed by atoms with Crippen molar-refractivity contribution in [1.82, 2.24) is 5.32 Å². The van der Waals surface area contributed by atoms with Crippen LogP contribution in [-0.2, 0) is 6.54 Å². The molecule has 0 spiro atoms. The lowest BCUT2D eigenvalue weighted by atomic mass is 9.88. The fourth-order valence-electron chi connectivity index (χ4n) is 3.30. The molecule has 0 aliphatic carbocycles. The smallest absolute Gasteiger partial charge is 0.0345 e. The Morgan fingerprint density at radius 3 is 2.64 bits per heavy atom. The Morgan fingerprint density at radius 1 is 1.08 bits per heavy atom. The van der Waals surface area contributed by atoms with Gasteiger partial charge in [0.25, 0.3) is 0 Å². The molecule has 2 nitrogen and oxygen atoms in total. The van der Waals surface area contributed by atoms with E-state index in [0.29, 0.717) is 0 Å². The minimum absolute atomic E-state index is 0.222. The van der Waals surface area contributed by atoms with Gasteiger partial charge in [-0.3, -0.25) is 0 Å². The number of benzene rings is 2. The molecule has 0 saturated heterocycles. The highest BCUT2D eigenvalue weighted by Crippen LogP contribution is 2.34. The SMILES string of the molecule is CCCC(=N)C(CCNCc1ccccc1)c1csc2ccccc12. The van der Waals surface area contributed by atoms with Gasteiger partial charge in [-0.15, -0.1) is 11.3 Å². The van der Waals surface area contributed by atoms with Crippen LogP contribution in [0.4, 0.5) is 0 Å². The zero-order valence-electron chi connectivity index (χ0n) is 14.8. The summed E-state index contributed by atoms with van der Waals surface area (Å²) in [6, 6.07) is 19.1. The second-order valence-electron chi connectivity index (χ2n) is 6.47. The quantitative estimate of drug-likeness (QED) is 0.361. The average molecular weight is 351 g/mol. The molecule has 0 bridgehead atoms. The summed E-state index contributed by atoms with van der Waals surface area (Å²) in [5.41, 5.74) is 3.51. The summed E-state index contributed by atoms with van der Waals surface area (Å²) in [7, 11) is 0. The topological polar surface area (TPSA) is 35.9 Å². The molecule has 130 valence electrons. The van der Waals surface area contributed by atoms with Crippen LogP contribution in [0, 0.1) is 5.41 Å². The molecule has 3 aromatic rings. The zero-order chi connectivity index (χ0) is 17.5. The predicted molar refractivity (Wildman–Crippen MR) is 110 cm³/mol. The zero-order valence-corrected chi connectivity index (χ0v) is 15.6. The molecular weight excluding hydrogens is 324 g/mol. The van der Waals surface area contributed by atoms with Gasteiger partial charge in [0.2, 0.25) is 0 Å². The van der Waals surface area contributed by atoms with Crippen molar-refractivity contribution in [3.8, 4) is 0 Å². The summed E-state index contributed by atoms with van der Waals surface area (Å²) in [6.07, 6.45) is 2.90. The van der Waals surface area contributed by atoms with Crippen LogP contribution in [0.25, 0.3) is 10.1 Å². The van der Waals surface area contributed by atoms with Gasteiger partial charge in [0.15, 0.2) is 0 Å².